The van der Waals surface area contributed by atoms with Crippen LogP contribution < -0.4 is 0 Å². The smallest absolute Gasteiger partial charge is 0.192 e. The molecule has 1 N–H and O–H groups in total. The number of hydrogen-bond donors (Lipinski definition) is 1. The number of hydrogen-bond acceptors (Lipinski definition) is 4. The standard InChI is InChI=1S/C13H14N2OS/c1-2-12(16)10-4-6-11(7-5-10)17-13-14-8-3-9-15-13/h3-9,12,16H,2H2,1H3. The van der Waals surface area contributed by atoms with Gasteiger partial charge >= 0.3 is 0 Å². The minimum atomic E-state index is -0.373. The molecule has 3 nitrogen and oxygen atoms in total. The van der Waals surface area contributed by atoms with Gasteiger partial charge in [-0.25, -0.2) is 9.97 Å². The van der Waals surface area contributed by atoms with E-state index in [2.05, 4.69) is 9.97 Å². The molecular weight excluding hydrogens is 232 g/mol. The van der Waals surface area contributed by atoms with Crippen molar-refractivity contribution in [2.45, 2.75) is 29.5 Å². The summed E-state index contributed by atoms with van der Waals surface area (Å²) in [6, 6.07) is 9.65. The van der Waals surface area contributed by atoms with E-state index in [1.54, 1.807) is 18.5 Å². The second-order valence-corrected chi connectivity index (χ2v) is 4.67. The van der Waals surface area contributed by atoms with Gasteiger partial charge in [0.25, 0.3) is 0 Å². The summed E-state index contributed by atoms with van der Waals surface area (Å²) < 4.78 is 0. The number of aliphatic hydroxyl groups excluding tert-OH is 1. The molecular formula is C13H14N2OS. The van der Waals surface area contributed by atoms with E-state index in [1.807, 2.05) is 31.2 Å². The number of aromatic nitrogens is 2. The minimum Gasteiger partial charge on any atom is -0.388 e. The molecule has 1 unspecified atom stereocenters. The van der Waals surface area contributed by atoms with Crippen LogP contribution in [0.3, 0.4) is 0 Å². The number of nitrogens with zero attached hydrogens (tertiary/aromatic N) is 2. The number of benzene rings is 1. The molecule has 0 fully saturated rings. The molecule has 0 amide bonds. The zero-order valence-corrected chi connectivity index (χ0v) is 10.4. The van der Waals surface area contributed by atoms with Crippen LogP contribution in [0.1, 0.15) is 25.0 Å². The molecule has 4 heteroatoms. The molecule has 88 valence electrons. The van der Waals surface area contributed by atoms with Crippen molar-refractivity contribution in [3.05, 3.63) is 48.3 Å². The van der Waals surface area contributed by atoms with Gasteiger partial charge in [-0.3, -0.25) is 0 Å². The molecule has 0 radical (unpaired) electrons. The Morgan fingerprint density at radius 2 is 1.82 bits per heavy atom. The van der Waals surface area contributed by atoms with Crippen molar-refractivity contribution in [1.82, 2.24) is 9.97 Å². The predicted molar refractivity (Wildman–Crippen MR) is 67.8 cm³/mol. The molecule has 0 saturated carbocycles. The number of aliphatic hydroxyl groups is 1. The number of rotatable bonds is 4. The molecule has 0 bridgehead atoms. The highest BCUT2D eigenvalue weighted by atomic mass is 32.2. The third-order valence-corrected chi connectivity index (χ3v) is 3.30. The molecule has 1 aromatic carbocycles. The Morgan fingerprint density at radius 1 is 1.18 bits per heavy atom. The fourth-order valence-corrected chi connectivity index (χ4v) is 2.15. The Morgan fingerprint density at radius 3 is 2.41 bits per heavy atom. The lowest BCUT2D eigenvalue weighted by Crippen LogP contribution is -1.94. The molecule has 17 heavy (non-hydrogen) atoms. The van der Waals surface area contributed by atoms with Crippen molar-refractivity contribution < 1.29 is 5.11 Å². The first-order chi connectivity index (χ1) is 8.29. The lowest BCUT2D eigenvalue weighted by atomic mass is 10.1. The van der Waals surface area contributed by atoms with Gasteiger partial charge in [-0.05, 0) is 41.9 Å². The van der Waals surface area contributed by atoms with Crippen LogP contribution in [0.5, 0.6) is 0 Å². The van der Waals surface area contributed by atoms with Crippen LogP contribution in [0.4, 0.5) is 0 Å². The normalized spacial score (nSPS) is 12.4. The summed E-state index contributed by atoms with van der Waals surface area (Å²) >= 11 is 1.51. The fourth-order valence-electron chi connectivity index (χ4n) is 1.44. The lowest BCUT2D eigenvalue weighted by molar-refractivity contribution is 0.173. The van der Waals surface area contributed by atoms with E-state index in [4.69, 9.17) is 0 Å². The Balaban J connectivity index is 2.08. The summed E-state index contributed by atoms with van der Waals surface area (Å²) in [5, 5.41) is 10.4. The first kappa shape index (κ1) is 12.1. The summed E-state index contributed by atoms with van der Waals surface area (Å²) in [5.74, 6) is 0. The Labute approximate surface area is 105 Å². The van der Waals surface area contributed by atoms with E-state index < -0.39 is 0 Å². The monoisotopic (exact) mass is 246 g/mol. The third-order valence-electron chi connectivity index (χ3n) is 2.40. The first-order valence-electron chi connectivity index (χ1n) is 5.52. The van der Waals surface area contributed by atoms with Crippen LogP contribution in [0.25, 0.3) is 0 Å². The second-order valence-electron chi connectivity index (χ2n) is 3.63. The Kier molecular flexibility index (Phi) is 4.12. The molecule has 1 heterocycles. The average molecular weight is 246 g/mol. The highest BCUT2D eigenvalue weighted by Crippen LogP contribution is 2.26. The molecule has 0 saturated heterocycles. The maximum Gasteiger partial charge on any atom is 0.192 e. The Bertz CT molecular complexity index is 459. The fraction of sp³-hybridized carbons (Fsp3) is 0.231. The third kappa shape index (κ3) is 3.28. The summed E-state index contributed by atoms with van der Waals surface area (Å²) in [4.78, 5) is 9.37. The van der Waals surface area contributed by atoms with E-state index >= 15 is 0 Å². The van der Waals surface area contributed by atoms with Crippen LogP contribution in [0.15, 0.2) is 52.8 Å². The largest absolute Gasteiger partial charge is 0.388 e. The van der Waals surface area contributed by atoms with Crippen molar-refractivity contribution >= 4 is 11.8 Å². The summed E-state index contributed by atoms with van der Waals surface area (Å²) in [7, 11) is 0. The van der Waals surface area contributed by atoms with Gasteiger partial charge in [-0.15, -0.1) is 0 Å². The molecule has 0 aliphatic carbocycles. The molecule has 0 aliphatic heterocycles. The maximum absolute atomic E-state index is 9.68. The quantitative estimate of drug-likeness (QED) is 0.842. The van der Waals surface area contributed by atoms with E-state index in [9.17, 15) is 5.11 Å². The van der Waals surface area contributed by atoms with Crippen LogP contribution >= 0.6 is 11.8 Å². The van der Waals surface area contributed by atoms with Crippen molar-refractivity contribution in [2.24, 2.45) is 0 Å². The second kappa shape index (κ2) is 5.80. The summed E-state index contributed by atoms with van der Waals surface area (Å²) in [6.07, 6.45) is 3.81. The molecule has 1 atom stereocenters. The van der Waals surface area contributed by atoms with E-state index in [0.717, 1.165) is 22.0 Å². The van der Waals surface area contributed by atoms with Crippen molar-refractivity contribution in [3.8, 4) is 0 Å². The highest BCUT2D eigenvalue weighted by Gasteiger charge is 2.05. The molecule has 1 aromatic heterocycles. The van der Waals surface area contributed by atoms with Gasteiger partial charge in [-0.2, -0.15) is 0 Å². The van der Waals surface area contributed by atoms with Gasteiger partial charge in [0.2, 0.25) is 0 Å². The van der Waals surface area contributed by atoms with Gasteiger partial charge < -0.3 is 5.11 Å². The lowest BCUT2D eigenvalue weighted by Gasteiger charge is -2.08. The van der Waals surface area contributed by atoms with Crippen LogP contribution in [-0.4, -0.2) is 15.1 Å². The first-order valence-corrected chi connectivity index (χ1v) is 6.34. The molecule has 2 rings (SSSR count). The van der Waals surface area contributed by atoms with Gasteiger partial charge in [0.05, 0.1) is 6.10 Å². The van der Waals surface area contributed by atoms with Crippen LogP contribution in [0, 0.1) is 0 Å². The van der Waals surface area contributed by atoms with Crippen molar-refractivity contribution in [3.63, 3.8) is 0 Å². The Hall–Kier alpha value is -1.39. The van der Waals surface area contributed by atoms with Gasteiger partial charge in [-0.1, -0.05) is 19.1 Å². The molecule has 0 aliphatic rings. The van der Waals surface area contributed by atoms with E-state index in [1.165, 1.54) is 11.8 Å². The average Bonchev–Trinajstić information content (AvgIpc) is 2.40. The zero-order chi connectivity index (χ0) is 12.1. The van der Waals surface area contributed by atoms with Gasteiger partial charge in [0.15, 0.2) is 5.16 Å². The van der Waals surface area contributed by atoms with E-state index in [-0.39, 0.29) is 6.10 Å². The predicted octanol–water partition coefficient (Wildman–Crippen LogP) is 3.07. The topological polar surface area (TPSA) is 46.0 Å². The van der Waals surface area contributed by atoms with Crippen LogP contribution in [-0.2, 0) is 0 Å². The van der Waals surface area contributed by atoms with Crippen molar-refractivity contribution in [2.75, 3.05) is 0 Å². The zero-order valence-electron chi connectivity index (χ0n) is 9.58. The van der Waals surface area contributed by atoms with Gasteiger partial charge in [0.1, 0.15) is 0 Å². The SMILES string of the molecule is CCC(O)c1ccc(Sc2ncccn2)cc1. The summed E-state index contributed by atoms with van der Waals surface area (Å²) in [5.41, 5.74) is 0.950. The molecule has 0 spiro atoms. The van der Waals surface area contributed by atoms with Crippen LogP contribution in [0.2, 0.25) is 0 Å². The maximum atomic E-state index is 9.68. The van der Waals surface area contributed by atoms with Crippen molar-refractivity contribution in [1.29, 1.82) is 0 Å². The minimum absolute atomic E-state index is 0.373. The molecule has 2 aromatic rings. The summed E-state index contributed by atoms with van der Waals surface area (Å²) in [6.45, 7) is 1.96. The highest BCUT2D eigenvalue weighted by molar-refractivity contribution is 7.99. The van der Waals surface area contributed by atoms with Gasteiger partial charge in [0, 0.05) is 17.3 Å². The van der Waals surface area contributed by atoms with E-state index in [0.29, 0.717) is 0 Å².